The van der Waals surface area contributed by atoms with Crippen LogP contribution in [0.25, 0.3) is 0 Å². The molecule has 1 N–H and O–H groups in total. The Morgan fingerprint density at radius 3 is 2.61 bits per heavy atom. The van der Waals surface area contributed by atoms with Gasteiger partial charge in [-0.15, -0.1) is 0 Å². The lowest BCUT2D eigenvalue weighted by Crippen LogP contribution is -2.38. The van der Waals surface area contributed by atoms with Gasteiger partial charge in [-0.05, 0) is 50.4 Å². The Morgan fingerprint density at radius 1 is 1.04 bits per heavy atom. The van der Waals surface area contributed by atoms with E-state index in [2.05, 4.69) is 17.0 Å². The van der Waals surface area contributed by atoms with E-state index in [0.29, 0.717) is 13.0 Å². The lowest BCUT2D eigenvalue weighted by molar-refractivity contribution is 0.0614. The van der Waals surface area contributed by atoms with Crippen molar-refractivity contribution in [3.63, 3.8) is 0 Å². The predicted octanol–water partition coefficient (Wildman–Crippen LogP) is 3.51. The zero-order valence-corrected chi connectivity index (χ0v) is 16.3. The maximum atomic E-state index is 12.8. The average Bonchev–Trinajstić information content (AvgIpc) is 3.04. The van der Waals surface area contributed by atoms with E-state index in [1.165, 1.54) is 24.8 Å². The minimum atomic E-state index is -0.508. The molecule has 0 spiro atoms. The van der Waals surface area contributed by atoms with E-state index >= 15 is 0 Å². The van der Waals surface area contributed by atoms with E-state index in [1.54, 1.807) is 0 Å². The van der Waals surface area contributed by atoms with Crippen LogP contribution in [0.4, 0.5) is 0 Å². The largest absolute Gasteiger partial charge is 0.491 e. The zero-order chi connectivity index (χ0) is 19.3. The number of fused-ring (bicyclic) bond motifs is 1. The van der Waals surface area contributed by atoms with Crippen molar-refractivity contribution in [1.29, 1.82) is 0 Å². The molecule has 0 saturated carbocycles. The fraction of sp³-hybridized carbons (Fsp3) is 0.458. The third kappa shape index (κ3) is 4.45. The van der Waals surface area contributed by atoms with E-state index < -0.39 is 6.10 Å². The van der Waals surface area contributed by atoms with Gasteiger partial charge in [-0.1, -0.05) is 48.9 Å². The van der Waals surface area contributed by atoms with Crippen LogP contribution in [-0.4, -0.2) is 48.1 Å². The van der Waals surface area contributed by atoms with Gasteiger partial charge in [0.1, 0.15) is 18.5 Å². The van der Waals surface area contributed by atoms with E-state index in [4.69, 9.17) is 4.74 Å². The van der Waals surface area contributed by atoms with Gasteiger partial charge in [0.2, 0.25) is 0 Å². The van der Waals surface area contributed by atoms with Gasteiger partial charge < -0.3 is 14.7 Å². The molecule has 148 valence electrons. The molecule has 0 aromatic heterocycles. The maximum absolute atomic E-state index is 12.8. The molecular weight excluding hydrogens is 350 g/mol. The number of piperidine rings is 1. The van der Waals surface area contributed by atoms with Crippen molar-refractivity contribution < 1.29 is 14.6 Å². The van der Waals surface area contributed by atoms with Gasteiger partial charge in [-0.2, -0.15) is 0 Å². The van der Waals surface area contributed by atoms with Crippen LogP contribution < -0.4 is 4.74 Å². The number of hydrogen-bond donors (Lipinski definition) is 1. The number of nitrogens with zero attached hydrogens (tertiary/aromatic N) is 1. The second kappa shape index (κ2) is 8.89. The highest BCUT2D eigenvalue weighted by molar-refractivity contribution is 6.03. The molecule has 1 aliphatic carbocycles. The number of β-amino-alcohol motifs (C(OH)–C–C–N with tert-alkyl or cyclic N) is 1. The monoisotopic (exact) mass is 379 g/mol. The summed E-state index contributed by atoms with van der Waals surface area (Å²) >= 11 is 0. The van der Waals surface area contributed by atoms with Crippen molar-refractivity contribution in [3.05, 3.63) is 65.2 Å². The smallest absolute Gasteiger partial charge is 0.167 e. The van der Waals surface area contributed by atoms with Crippen LogP contribution in [0.1, 0.15) is 40.7 Å². The molecule has 2 aliphatic rings. The standard InChI is InChI=1S/C24H29NO3/c26-20(16-25-12-5-2-6-13-25)17-28-23-11-7-10-21-22(23)15-19(24(21)27)14-18-8-3-1-4-9-18/h1,3-4,7-11,19-20,26H,2,5-6,12-17H2/t19-,20-/m1/s1. The van der Waals surface area contributed by atoms with Crippen molar-refractivity contribution in [1.82, 2.24) is 4.90 Å². The summed E-state index contributed by atoms with van der Waals surface area (Å²) in [7, 11) is 0. The number of hydrogen-bond acceptors (Lipinski definition) is 4. The lowest BCUT2D eigenvalue weighted by atomic mass is 9.96. The first-order valence-corrected chi connectivity index (χ1v) is 10.4. The Bertz CT molecular complexity index is 799. The minimum Gasteiger partial charge on any atom is -0.491 e. The van der Waals surface area contributed by atoms with Crippen molar-refractivity contribution in [3.8, 4) is 5.75 Å². The normalized spacial score (nSPS) is 20.8. The van der Waals surface area contributed by atoms with Crippen LogP contribution in [0.5, 0.6) is 5.75 Å². The predicted molar refractivity (Wildman–Crippen MR) is 110 cm³/mol. The van der Waals surface area contributed by atoms with Crippen LogP contribution in [0.2, 0.25) is 0 Å². The third-order valence-electron chi connectivity index (χ3n) is 5.89. The van der Waals surface area contributed by atoms with Crippen molar-refractivity contribution in [2.45, 2.75) is 38.2 Å². The van der Waals surface area contributed by atoms with Crippen molar-refractivity contribution in [2.75, 3.05) is 26.2 Å². The Morgan fingerprint density at radius 2 is 1.82 bits per heavy atom. The highest BCUT2D eigenvalue weighted by atomic mass is 16.5. The van der Waals surface area contributed by atoms with Gasteiger partial charge in [0, 0.05) is 23.6 Å². The van der Waals surface area contributed by atoms with Gasteiger partial charge in [0.05, 0.1) is 0 Å². The molecule has 0 unspecified atom stereocenters. The molecule has 28 heavy (non-hydrogen) atoms. The fourth-order valence-electron chi connectivity index (χ4n) is 4.44. The topological polar surface area (TPSA) is 49.8 Å². The highest BCUT2D eigenvalue weighted by Gasteiger charge is 2.32. The number of aliphatic hydroxyl groups excluding tert-OH is 1. The zero-order valence-electron chi connectivity index (χ0n) is 16.3. The van der Waals surface area contributed by atoms with Gasteiger partial charge in [0.25, 0.3) is 0 Å². The second-order valence-electron chi connectivity index (χ2n) is 8.06. The Balaban J connectivity index is 1.38. The number of aliphatic hydroxyl groups is 1. The molecule has 1 aliphatic heterocycles. The molecule has 4 rings (SSSR count). The molecule has 0 amide bonds. The van der Waals surface area contributed by atoms with Gasteiger partial charge in [0.15, 0.2) is 5.78 Å². The summed E-state index contributed by atoms with van der Waals surface area (Å²) < 4.78 is 5.97. The van der Waals surface area contributed by atoms with E-state index in [9.17, 15) is 9.90 Å². The summed E-state index contributed by atoms with van der Waals surface area (Å²) in [5.41, 5.74) is 2.97. The Labute approximate surface area is 167 Å². The number of Topliss-reactive ketones (excluding diaryl/α,β-unsaturated/α-hetero) is 1. The molecular formula is C24H29NO3. The quantitative estimate of drug-likeness (QED) is 0.800. The molecule has 2 aromatic carbocycles. The molecule has 1 fully saturated rings. The number of ketones is 1. The summed E-state index contributed by atoms with van der Waals surface area (Å²) in [6.45, 7) is 3.05. The number of benzene rings is 2. The van der Waals surface area contributed by atoms with Crippen LogP contribution in [-0.2, 0) is 12.8 Å². The molecule has 2 atom stereocenters. The Kier molecular flexibility index (Phi) is 6.08. The number of rotatable bonds is 7. The van der Waals surface area contributed by atoms with Crippen molar-refractivity contribution in [2.24, 2.45) is 5.92 Å². The average molecular weight is 380 g/mol. The maximum Gasteiger partial charge on any atom is 0.167 e. The Hall–Kier alpha value is -2.17. The number of carbonyl (C=O) groups is 1. The van der Waals surface area contributed by atoms with Gasteiger partial charge in [-0.25, -0.2) is 0 Å². The first-order chi connectivity index (χ1) is 13.7. The van der Waals surface area contributed by atoms with Gasteiger partial charge >= 0.3 is 0 Å². The summed E-state index contributed by atoms with van der Waals surface area (Å²) in [6, 6.07) is 15.9. The highest BCUT2D eigenvalue weighted by Crippen LogP contribution is 2.35. The van der Waals surface area contributed by atoms with Crippen LogP contribution in [0.3, 0.4) is 0 Å². The van der Waals surface area contributed by atoms with Crippen LogP contribution in [0, 0.1) is 5.92 Å². The number of likely N-dealkylation sites (tertiary alicyclic amines) is 1. The minimum absolute atomic E-state index is 0.0274. The van der Waals surface area contributed by atoms with E-state index in [-0.39, 0.29) is 18.3 Å². The van der Waals surface area contributed by atoms with Crippen LogP contribution in [0.15, 0.2) is 48.5 Å². The number of ether oxygens (including phenoxy) is 1. The molecule has 4 heteroatoms. The first-order valence-electron chi connectivity index (χ1n) is 10.4. The van der Waals surface area contributed by atoms with E-state index in [0.717, 1.165) is 36.4 Å². The summed E-state index contributed by atoms with van der Waals surface area (Å²) in [6.07, 6.45) is 4.67. The van der Waals surface area contributed by atoms with Crippen LogP contribution >= 0.6 is 0 Å². The molecule has 0 radical (unpaired) electrons. The van der Waals surface area contributed by atoms with Crippen molar-refractivity contribution >= 4 is 5.78 Å². The first kappa shape index (κ1) is 19.2. The molecule has 0 bridgehead atoms. The number of carbonyl (C=O) groups excluding carboxylic acids is 1. The van der Waals surface area contributed by atoms with Gasteiger partial charge in [-0.3, -0.25) is 4.79 Å². The second-order valence-corrected chi connectivity index (χ2v) is 8.06. The molecule has 4 nitrogen and oxygen atoms in total. The summed E-state index contributed by atoms with van der Waals surface area (Å²) in [4.78, 5) is 15.2. The third-order valence-corrected chi connectivity index (χ3v) is 5.89. The molecule has 2 aromatic rings. The fourth-order valence-corrected chi connectivity index (χ4v) is 4.44. The van der Waals surface area contributed by atoms with E-state index in [1.807, 2.05) is 36.4 Å². The summed E-state index contributed by atoms with van der Waals surface area (Å²) in [5, 5.41) is 10.4. The molecule has 1 heterocycles. The summed E-state index contributed by atoms with van der Waals surface area (Å²) in [5.74, 6) is 0.928. The molecule has 1 saturated heterocycles. The lowest BCUT2D eigenvalue weighted by Gasteiger charge is -2.28. The SMILES string of the molecule is O=C1c2cccc(OC[C@H](O)CN3CCCCC3)c2C[C@H]1Cc1ccccc1.